The fourth-order valence-electron chi connectivity index (χ4n) is 2.38. The topological polar surface area (TPSA) is 32.3 Å². The number of hydrogen-bond acceptors (Lipinski definition) is 2. The molecule has 0 radical (unpaired) electrons. The summed E-state index contributed by atoms with van der Waals surface area (Å²) >= 11 is 0. The molecule has 0 aromatic heterocycles. The van der Waals surface area contributed by atoms with Crippen molar-refractivity contribution in [2.45, 2.75) is 31.8 Å². The Bertz CT molecular complexity index is 377. The first-order valence-corrected chi connectivity index (χ1v) is 6.24. The minimum atomic E-state index is 0.0566. The van der Waals surface area contributed by atoms with Crippen LogP contribution in [0.3, 0.4) is 0 Å². The second-order valence-corrected chi connectivity index (χ2v) is 4.78. The number of amides is 1. The van der Waals surface area contributed by atoms with Gasteiger partial charge in [-0.15, -0.1) is 0 Å². The number of benzene rings is 1. The molecule has 1 aliphatic rings. The van der Waals surface area contributed by atoms with Crippen molar-refractivity contribution in [3.05, 3.63) is 35.9 Å². The van der Waals surface area contributed by atoms with E-state index in [1.54, 1.807) is 0 Å². The van der Waals surface area contributed by atoms with Crippen LogP contribution in [0.1, 0.15) is 31.4 Å². The second kappa shape index (κ2) is 5.32. The normalized spacial score (nSPS) is 22.4. The van der Waals surface area contributed by atoms with Crippen molar-refractivity contribution in [1.82, 2.24) is 10.2 Å². The maximum Gasteiger partial charge on any atom is 0.237 e. The van der Waals surface area contributed by atoms with Crippen molar-refractivity contribution in [3.8, 4) is 0 Å². The first kappa shape index (κ1) is 12.1. The van der Waals surface area contributed by atoms with Crippen LogP contribution in [0.25, 0.3) is 0 Å². The third-order valence-corrected chi connectivity index (χ3v) is 3.48. The summed E-state index contributed by atoms with van der Waals surface area (Å²) in [5, 5.41) is 3.09. The molecule has 0 spiro atoms. The summed E-state index contributed by atoms with van der Waals surface area (Å²) in [6, 6.07) is 10.2. The van der Waals surface area contributed by atoms with Crippen molar-refractivity contribution in [2.75, 3.05) is 13.6 Å². The first-order chi connectivity index (χ1) is 8.18. The van der Waals surface area contributed by atoms with Crippen LogP contribution in [0.4, 0.5) is 0 Å². The molecule has 0 unspecified atom stereocenters. The Morgan fingerprint density at radius 1 is 1.41 bits per heavy atom. The highest BCUT2D eigenvalue weighted by molar-refractivity contribution is 5.82. The van der Waals surface area contributed by atoms with E-state index in [2.05, 4.69) is 10.2 Å². The summed E-state index contributed by atoms with van der Waals surface area (Å²) in [4.78, 5) is 14.2. The first-order valence-electron chi connectivity index (χ1n) is 6.24. The van der Waals surface area contributed by atoms with Crippen LogP contribution >= 0.6 is 0 Å². The zero-order valence-corrected chi connectivity index (χ0v) is 10.5. The van der Waals surface area contributed by atoms with E-state index in [1.807, 2.05) is 44.3 Å². The summed E-state index contributed by atoms with van der Waals surface area (Å²) in [7, 11) is 2.02. The van der Waals surface area contributed by atoms with Gasteiger partial charge in [0.15, 0.2) is 0 Å². The Hall–Kier alpha value is -1.35. The van der Waals surface area contributed by atoms with E-state index in [4.69, 9.17) is 0 Å². The van der Waals surface area contributed by atoms with E-state index < -0.39 is 0 Å². The summed E-state index contributed by atoms with van der Waals surface area (Å²) in [5.41, 5.74) is 1.15. The Labute approximate surface area is 103 Å². The lowest BCUT2D eigenvalue weighted by Gasteiger charge is -2.22. The van der Waals surface area contributed by atoms with Crippen molar-refractivity contribution >= 4 is 5.91 Å². The van der Waals surface area contributed by atoms with Gasteiger partial charge in [0.05, 0.1) is 12.1 Å². The Morgan fingerprint density at radius 2 is 2.12 bits per heavy atom. The molecule has 92 valence electrons. The monoisotopic (exact) mass is 232 g/mol. The molecule has 1 aliphatic heterocycles. The van der Waals surface area contributed by atoms with Gasteiger partial charge in [0.25, 0.3) is 0 Å². The molecular formula is C14H20N2O. The molecule has 0 aliphatic carbocycles. The highest BCUT2D eigenvalue weighted by Gasteiger charge is 2.28. The minimum Gasteiger partial charge on any atom is -0.348 e. The molecule has 3 heteroatoms. The van der Waals surface area contributed by atoms with Crippen LogP contribution in [-0.4, -0.2) is 30.4 Å². The number of rotatable bonds is 3. The lowest BCUT2D eigenvalue weighted by Crippen LogP contribution is -2.42. The van der Waals surface area contributed by atoms with Crippen LogP contribution in [-0.2, 0) is 4.79 Å². The molecule has 1 N–H and O–H groups in total. The third kappa shape index (κ3) is 2.86. The number of nitrogens with zero attached hydrogens (tertiary/aromatic N) is 1. The van der Waals surface area contributed by atoms with Gasteiger partial charge in [0, 0.05) is 0 Å². The van der Waals surface area contributed by atoms with E-state index >= 15 is 0 Å². The number of carbonyl (C=O) groups is 1. The average molecular weight is 232 g/mol. The van der Waals surface area contributed by atoms with E-state index in [1.165, 1.54) is 0 Å². The van der Waals surface area contributed by atoms with Gasteiger partial charge >= 0.3 is 0 Å². The van der Waals surface area contributed by atoms with Crippen LogP contribution in [0.2, 0.25) is 0 Å². The van der Waals surface area contributed by atoms with Crippen molar-refractivity contribution in [2.24, 2.45) is 0 Å². The van der Waals surface area contributed by atoms with Crippen molar-refractivity contribution in [1.29, 1.82) is 0 Å². The maximum absolute atomic E-state index is 12.1. The fraction of sp³-hybridized carbons (Fsp3) is 0.500. The van der Waals surface area contributed by atoms with Crippen LogP contribution in [0, 0.1) is 0 Å². The largest absolute Gasteiger partial charge is 0.348 e. The minimum absolute atomic E-state index is 0.0566. The standard InChI is InChI=1S/C14H20N2O/c1-11(12-7-4-3-5-8-12)15-14(17)13-9-6-10-16(13)2/h3-5,7-8,11,13H,6,9-10H2,1-2H3,(H,15,17)/t11-,13+/m1/s1. The van der Waals surface area contributed by atoms with Gasteiger partial charge in [-0.3, -0.25) is 9.69 Å². The number of hydrogen-bond donors (Lipinski definition) is 1. The number of nitrogens with one attached hydrogen (secondary N) is 1. The highest BCUT2D eigenvalue weighted by Crippen LogP contribution is 2.17. The number of likely N-dealkylation sites (tertiary alicyclic amines) is 1. The van der Waals surface area contributed by atoms with Gasteiger partial charge in [0.2, 0.25) is 5.91 Å². The maximum atomic E-state index is 12.1. The molecule has 3 nitrogen and oxygen atoms in total. The second-order valence-electron chi connectivity index (χ2n) is 4.78. The van der Waals surface area contributed by atoms with E-state index in [0.717, 1.165) is 24.9 Å². The SMILES string of the molecule is C[C@@H](NC(=O)[C@@H]1CCCN1C)c1ccccc1. The quantitative estimate of drug-likeness (QED) is 0.864. The van der Waals surface area contributed by atoms with Crippen LogP contribution < -0.4 is 5.32 Å². The van der Waals surface area contributed by atoms with E-state index in [-0.39, 0.29) is 18.0 Å². The average Bonchev–Trinajstić information content (AvgIpc) is 2.76. The molecule has 2 rings (SSSR count). The van der Waals surface area contributed by atoms with E-state index in [9.17, 15) is 4.79 Å². The molecule has 17 heavy (non-hydrogen) atoms. The van der Waals surface area contributed by atoms with E-state index in [0.29, 0.717) is 0 Å². The Kier molecular flexibility index (Phi) is 3.79. The van der Waals surface area contributed by atoms with Gasteiger partial charge in [0.1, 0.15) is 0 Å². The lowest BCUT2D eigenvalue weighted by atomic mass is 10.1. The van der Waals surface area contributed by atoms with Crippen LogP contribution in [0.15, 0.2) is 30.3 Å². The summed E-state index contributed by atoms with van der Waals surface area (Å²) < 4.78 is 0. The number of likely N-dealkylation sites (N-methyl/N-ethyl adjacent to an activating group) is 1. The zero-order valence-electron chi connectivity index (χ0n) is 10.5. The summed E-state index contributed by atoms with van der Waals surface area (Å²) in [6.45, 7) is 3.06. The molecule has 1 aromatic carbocycles. The Morgan fingerprint density at radius 3 is 2.71 bits per heavy atom. The third-order valence-electron chi connectivity index (χ3n) is 3.48. The fourth-order valence-corrected chi connectivity index (χ4v) is 2.38. The molecule has 1 heterocycles. The molecule has 2 atom stereocenters. The van der Waals surface area contributed by atoms with Crippen molar-refractivity contribution < 1.29 is 4.79 Å². The summed E-state index contributed by atoms with van der Waals surface area (Å²) in [5.74, 6) is 0.154. The lowest BCUT2D eigenvalue weighted by molar-refractivity contribution is -0.125. The Balaban J connectivity index is 1.95. The number of carbonyl (C=O) groups excluding carboxylic acids is 1. The molecule has 0 saturated carbocycles. The van der Waals surface area contributed by atoms with Crippen LogP contribution in [0.5, 0.6) is 0 Å². The molecular weight excluding hydrogens is 212 g/mol. The molecule has 1 amide bonds. The zero-order chi connectivity index (χ0) is 12.3. The van der Waals surface area contributed by atoms with Gasteiger partial charge in [-0.1, -0.05) is 30.3 Å². The highest BCUT2D eigenvalue weighted by atomic mass is 16.2. The molecule has 1 aromatic rings. The molecule has 0 bridgehead atoms. The van der Waals surface area contributed by atoms with Gasteiger partial charge in [-0.25, -0.2) is 0 Å². The summed E-state index contributed by atoms with van der Waals surface area (Å²) in [6.07, 6.45) is 2.10. The van der Waals surface area contributed by atoms with Gasteiger partial charge < -0.3 is 5.32 Å². The molecule has 1 saturated heterocycles. The smallest absolute Gasteiger partial charge is 0.237 e. The predicted octanol–water partition coefficient (Wildman–Crippen LogP) is 1.96. The molecule has 1 fully saturated rings. The van der Waals surface area contributed by atoms with Gasteiger partial charge in [-0.05, 0) is 38.9 Å². The van der Waals surface area contributed by atoms with Gasteiger partial charge in [-0.2, -0.15) is 0 Å². The predicted molar refractivity (Wildman–Crippen MR) is 68.7 cm³/mol. The van der Waals surface area contributed by atoms with Crippen molar-refractivity contribution in [3.63, 3.8) is 0 Å².